The van der Waals surface area contributed by atoms with Gasteiger partial charge in [0.25, 0.3) is 0 Å². The highest BCUT2D eigenvalue weighted by Crippen LogP contribution is 2.04. The molecule has 4 heteroatoms. The first kappa shape index (κ1) is 12.1. The summed E-state index contributed by atoms with van der Waals surface area (Å²) in [5.41, 5.74) is 4.13. The predicted octanol–water partition coefficient (Wildman–Crippen LogP) is 0.408. The highest BCUT2D eigenvalue weighted by Gasteiger charge is 2.07. The molecular formula is C11H20N4. The van der Waals surface area contributed by atoms with Gasteiger partial charge in [0.2, 0.25) is 0 Å². The first-order chi connectivity index (χ1) is 7.22. The lowest BCUT2D eigenvalue weighted by Gasteiger charge is -2.18. The van der Waals surface area contributed by atoms with Gasteiger partial charge in [-0.1, -0.05) is 0 Å². The molecule has 0 fully saturated rings. The Kier molecular flexibility index (Phi) is 5.25. The van der Waals surface area contributed by atoms with Crippen LogP contribution in [0.5, 0.6) is 0 Å². The van der Waals surface area contributed by atoms with Crippen molar-refractivity contribution in [3.05, 3.63) is 30.1 Å². The van der Waals surface area contributed by atoms with E-state index in [1.54, 1.807) is 0 Å². The second-order valence-corrected chi connectivity index (χ2v) is 4.02. The van der Waals surface area contributed by atoms with Gasteiger partial charge in [-0.15, -0.1) is 0 Å². The van der Waals surface area contributed by atoms with Crippen LogP contribution in [0.1, 0.15) is 12.0 Å². The molecule has 0 radical (unpaired) electrons. The standard InChI is InChI=1S/C11H20N4/c1-15(2)8-5-11(14-12)9-10-3-6-13-7-4-10/h3-4,6-7,11,14H,5,8-9,12H2,1-2H3. The van der Waals surface area contributed by atoms with Crippen LogP contribution in [0.25, 0.3) is 0 Å². The minimum absolute atomic E-state index is 0.329. The molecule has 0 aliphatic carbocycles. The van der Waals surface area contributed by atoms with E-state index in [2.05, 4.69) is 29.4 Å². The SMILES string of the molecule is CN(C)CCC(Cc1ccncc1)NN. The number of hydrazine groups is 1. The van der Waals surface area contributed by atoms with Crippen molar-refractivity contribution in [2.24, 2.45) is 5.84 Å². The molecule has 1 unspecified atom stereocenters. The molecular weight excluding hydrogens is 188 g/mol. The van der Waals surface area contributed by atoms with Crippen molar-refractivity contribution >= 4 is 0 Å². The first-order valence-electron chi connectivity index (χ1n) is 5.22. The van der Waals surface area contributed by atoms with Crippen LogP contribution in [0.2, 0.25) is 0 Å². The monoisotopic (exact) mass is 208 g/mol. The minimum Gasteiger partial charge on any atom is -0.309 e. The number of rotatable bonds is 6. The molecule has 0 saturated heterocycles. The molecule has 0 amide bonds. The molecule has 0 aliphatic rings. The Labute approximate surface area is 91.5 Å². The average molecular weight is 208 g/mol. The zero-order valence-corrected chi connectivity index (χ0v) is 9.48. The molecule has 0 aromatic carbocycles. The maximum atomic E-state index is 5.52. The molecule has 1 atom stereocenters. The van der Waals surface area contributed by atoms with E-state index in [-0.39, 0.29) is 0 Å². The van der Waals surface area contributed by atoms with Gasteiger partial charge >= 0.3 is 0 Å². The van der Waals surface area contributed by atoms with Gasteiger partial charge in [-0.05, 0) is 51.2 Å². The van der Waals surface area contributed by atoms with E-state index in [0.29, 0.717) is 6.04 Å². The van der Waals surface area contributed by atoms with Gasteiger partial charge in [0, 0.05) is 18.4 Å². The van der Waals surface area contributed by atoms with E-state index in [0.717, 1.165) is 19.4 Å². The van der Waals surface area contributed by atoms with Gasteiger partial charge in [0.05, 0.1) is 0 Å². The molecule has 0 saturated carbocycles. The van der Waals surface area contributed by atoms with Crippen molar-refractivity contribution in [3.63, 3.8) is 0 Å². The fourth-order valence-electron chi connectivity index (χ4n) is 1.46. The van der Waals surface area contributed by atoms with E-state index in [9.17, 15) is 0 Å². The summed E-state index contributed by atoms with van der Waals surface area (Å²) in [4.78, 5) is 6.16. The quantitative estimate of drug-likeness (QED) is 0.525. The molecule has 0 spiro atoms. The van der Waals surface area contributed by atoms with E-state index in [1.807, 2.05) is 24.5 Å². The van der Waals surface area contributed by atoms with Crippen molar-refractivity contribution in [1.82, 2.24) is 15.3 Å². The molecule has 0 aliphatic heterocycles. The summed E-state index contributed by atoms with van der Waals surface area (Å²) in [5.74, 6) is 5.52. The summed E-state index contributed by atoms with van der Waals surface area (Å²) in [5, 5.41) is 0. The fraction of sp³-hybridized carbons (Fsp3) is 0.545. The first-order valence-corrected chi connectivity index (χ1v) is 5.22. The average Bonchev–Trinajstić information content (AvgIpc) is 2.25. The van der Waals surface area contributed by atoms with E-state index in [4.69, 9.17) is 5.84 Å². The van der Waals surface area contributed by atoms with E-state index in [1.165, 1.54) is 5.56 Å². The Morgan fingerprint density at radius 1 is 1.40 bits per heavy atom. The Bertz CT molecular complexity index is 261. The Morgan fingerprint density at radius 2 is 2.07 bits per heavy atom. The van der Waals surface area contributed by atoms with Gasteiger partial charge < -0.3 is 4.90 Å². The molecule has 15 heavy (non-hydrogen) atoms. The summed E-state index contributed by atoms with van der Waals surface area (Å²) in [6.45, 7) is 1.04. The third-order valence-electron chi connectivity index (χ3n) is 2.39. The lowest BCUT2D eigenvalue weighted by molar-refractivity contribution is 0.358. The Hall–Kier alpha value is -0.970. The lowest BCUT2D eigenvalue weighted by atomic mass is 10.1. The number of hydrogen-bond donors (Lipinski definition) is 2. The van der Waals surface area contributed by atoms with Crippen LogP contribution in [0.4, 0.5) is 0 Å². The Balaban J connectivity index is 2.40. The molecule has 0 bridgehead atoms. The molecule has 3 N–H and O–H groups in total. The van der Waals surface area contributed by atoms with Crippen LogP contribution >= 0.6 is 0 Å². The number of hydrogen-bond acceptors (Lipinski definition) is 4. The van der Waals surface area contributed by atoms with Crippen LogP contribution in [-0.4, -0.2) is 36.6 Å². The van der Waals surface area contributed by atoms with Gasteiger partial charge in [-0.3, -0.25) is 16.3 Å². The number of nitrogens with two attached hydrogens (primary N) is 1. The molecule has 1 heterocycles. The van der Waals surface area contributed by atoms with Crippen molar-refractivity contribution in [2.75, 3.05) is 20.6 Å². The highest BCUT2D eigenvalue weighted by atomic mass is 15.2. The minimum atomic E-state index is 0.329. The smallest absolute Gasteiger partial charge is 0.0270 e. The Morgan fingerprint density at radius 3 is 2.60 bits per heavy atom. The van der Waals surface area contributed by atoms with Gasteiger partial charge in [0.15, 0.2) is 0 Å². The number of nitrogens with one attached hydrogen (secondary N) is 1. The highest BCUT2D eigenvalue weighted by molar-refractivity contribution is 5.11. The van der Waals surface area contributed by atoms with Crippen LogP contribution in [0.3, 0.4) is 0 Å². The maximum absolute atomic E-state index is 5.52. The van der Waals surface area contributed by atoms with Crippen molar-refractivity contribution in [1.29, 1.82) is 0 Å². The molecule has 4 nitrogen and oxygen atoms in total. The summed E-state index contributed by atoms with van der Waals surface area (Å²) in [6, 6.07) is 4.38. The summed E-state index contributed by atoms with van der Waals surface area (Å²) in [7, 11) is 4.14. The zero-order chi connectivity index (χ0) is 11.1. The second-order valence-electron chi connectivity index (χ2n) is 4.02. The van der Waals surface area contributed by atoms with E-state index >= 15 is 0 Å². The third-order valence-corrected chi connectivity index (χ3v) is 2.39. The van der Waals surface area contributed by atoms with Gasteiger partial charge in [-0.25, -0.2) is 0 Å². The zero-order valence-electron chi connectivity index (χ0n) is 9.48. The summed E-state index contributed by atoms with van der Waals surface area (Å²) < 4.78 is 0. The van der Waals surface area contributed by atoms with E-state index < -0.39 is 0 Å². The normalized spacial score (nSPS) is 13.1. The molecule has 84 valence electrons. The molecule has 1 aromatic rings. The fourth-order valence-corrected chi connectivity index (χ4v) is 1.46. The van der Waals surface area contributed by atoms with Crippen LogP contribution < -0.4 is 11.3 Å². The van der Waals surface area contributed by atoms with Crippen molar-refractivity contribution < 1.29 is 0 Å². The number of nitrogens with zero attached hydrogens (tertiary/aromatic N) is 2. The largest absolute Gasteiger partial charge is 0.309 e. The van der Waals surface area contributed by atoms with Crippen LogP contribution in [0, 0.1) is 0 Å². The van der Waals surface area contributed by atoms with Crippen molar-refractivity contribution in [2.45, 2.75) is 18.9 Å². The molecule has 1 rings (SSSR count). The third kappa shape index (κ3) is 4.88. The number of aromatic nitrogens is 1. The van der Waals surface area contributed by atoms with Gasteiger partial charge in [-0.2, -0.15) is 0 Å². The predicted molar refractivity (Wildman–Crippen MR) is 62.2 cm³/mol. The van der Waals surface area contributed by atoms with Crippen molar-refractivity contribution in [3.8, 4) is 0 Å². The summed E-state index contributed by atoms with van der Waals surface area (Å²) >= 11 is 0. The lowest BCUT2D eigenvalue weighted by Crippen LogP contribution is -2.38. The molecule has 1 aromatic heterocycles. The van der Waals surface area contributed by atoms with Crippen LogP contribution in [0.15, 0.2) is 24.5 Å². The summed E-state index contributed by atoms with van der Waals surface area (Å²) in [6.07, 6.45) is 5.63. The van der Waals surface area contributed by atoms with Crippen LogP contribution in [-0.2, 0) is 6.42 Å². The maximum Gasteiger partial charge on any atom is 0.0270 e. The topological polar surface area (TPSA) is 54.2 Å². The second kappa shape index (κ2) is 6.50. The number of pyridine rings is 1. The van der Waals surface area contributed by atoms with Gasteiger partial charge in [0.1, 0.15) is 0 Å².